The lowest BCUT2D eigenvalue weighted by Crippen LogP contribution is -2.18. The van der Waals surface area contributed by atoms with Crippen LogP contribution in [0.2, 0.25) is 0 Å². The first-order chi connectivity index (χ1) is 8.45. The predicted molar refractivity (Wildman–Crippen MR) is 67.8 cm³/mol. The second kappa shape index (κ2) is 4.52. The number of fused-ring (bicyclic) bond motifs is 1. The molecule has 1 aromatic heterocycles. The van der Waals surface area contributed by atoms with Crippen LogP contribution < -0.4 is 5.56 Å². The molecule has 0 aliphatic carbocycles. The normalized spacial score (nSPS) is 12.9. The van der Waals surface area contributed by atoms with Gasteiger partial charge in [0, 0.05) is 13.2 Å². The Balaban J connectivity index is 2.92. The fraction of sp³-hybridized carbons (Fsp3) is 0.357. The van der Waals surface area contributed by atoms with E-state index >= 15 is 0 Å². The Hall–Kier alpha value is -1.71. The molecule has 4 heteroatoms. The van der Waals surface area contributed by atoms with Crippen LogP contribution in [0.4, 0.5) is 8.78 Å². The number of hydrogen-bond donors (Lipinski definition) is 0. The molecule has 0 spiro atoms. The smallest absolute Gasteiger partial charge is 0.258 e. The van der Waals surface area contributed by atoms with Crippen molar-refractivity contribution in [3.05, 3.63) is 45.9 Å². The van der Waals surface area contributed by atoms with Gasteiger partial charge in [-0.3, -0.25) is 4.79 Å². The SMILES string of the molecule is CCC(C)c1cn(C)c(=O)c2cc(F)c(F)cc12. The largest absolute Gasteiger partial charge is 0.318 e. The molecule has 0 fully saturated rings. The number of aryl methyl sites for hydroxylation is 1. The Labute approximate surface area is 104 Å². The van der Waals surface area contributed by atoms with E-state index < -0.39 is 11.6 Å². The van der Waals surface area contributed by atoms with E-state index in [1.807, 2.05) is 13.8 Å². The third-order valence-electron chi connectivity index (χ3n) is 3.40. The lowest BCUT2D eigenvalue weighted by molar-refractivity contribution is 0.510. The second-order valence-corrected chi connectivity index (χ2v) is 4.62. The Morgan fingerprint density at radius 2 is 1.78 bits per heavy atom. The van der Waals surface area contributed by atoms with Crippen molar-refractivity contribution in [2.45, 2.75) is 26.2 Å². The summed E-state index contributed by atoms with van der Waals surface area (Å²) >= 11 is 0. The Morgan fingerprint density at radius 1 is 1.22 bits per heavy atom. The molecule has 0 saturated heterocycles. The average molecular weight is 251 g/mol. The van der Waals surface area contributed by atoms with Gasteiger partial charge >= 0.3 is 0 Å². The molecule has 2 aromatic rings. The van der Waals surface area contributed by atoms with E-state index in [4.69, 9.17) is 0 Å². The molecular formula is C14H15F2NO. The quantitative estimate of drug-likeness (QED) is 0.802. The Morgan fingerprint density at radius 3 is 2.33 bits per heavy atom. The predicted octanol–water partition coefficient (Wildman–Crippen LogP) is 3.33. The van der Waals surface area contributed by atoms with E-state index in [1.54, 1.807) is 13.2 Å². The monoisotopic (exact) mass is 251 g/mol. The lowest BCUT2D eigenvalue weighted by Gasteiger charge is -2.14. The first kappa shape index (κ1) is 12.7. The summed E-state index contributed by atoms with van der Waals surface area (Å²) in [6.45, 7) is 4.02. The average Bonchev–Trinajstić information content (AvgIpc) is 2.35. The molecule has 0 aliphatic heterocycles. The highest BCUT2D eigenvalue weighted by Crippen LogP contribution is 2.27. The lowest BCUT2D eigenvalue weighted by atomic mass is 9.95. The van der Waals surface area contributed by atoms with Gasteiger partial charge in [0.25, 0.3) is 5.56 Å². The van der Waals surface area contributed by atoms with E-state index in [2.05, 4.69) is 0 Å². The molecule has 0 bridgehead atoms. The van der Waals surface area contributed by atoms with Crippen molar-refractivity contribution < 1.29 is 8.78 Å². The van der Waals surface area contributed by atoms with Crippen molar-refractivity contribution in [2.24, 2.45) is 7.05 Å². The summed E-state index contributed by atoms with van der Waals surface area (Å²) in [4.78, 5) is 11.9. The number of rotatable bonds is 2. The number of pyridine rings is 1. The van der Waals surface area contributed by atoms with Gasteiger partial charge in [0.15, 0.2) is 11.6 Å². The van der Waals surface area contributed by atoms with Crippen LogP contribution in [0, 0.1) is 11.6 Å². The number of benzene rings is 1. The molecule has 1 atom stereocenters. The van der Waals surface area contributed by atoms with Gasteiger partial charge in [0.2, 0.25) is 0 Å². The van der Waals surface area contributed by atoms with Crippen molar-refractivity contribution in [3.63, 3.8) is 0 Å². The Bertz CT molecular complexity index is 661. The highest BCUT2D eigenvalue weighted by molar-refractivity contribution is 5.85. The third kappa shape index (κ3) is 1.92. The second-order valence-electron chi connectivity index (χ2n) is 4.62. The van der Waals surface area contributed by atoms with Gasteiger partial charge < -0.3 is 4.57 Å². The molecule has 1 aromatic carbocycles. The molecule has 1 heterocycles. The first-order valence-electron chi connectivity index (χ1n) is 5.94. The number of hydrogen-bond acceptors (Lipinski definition) is 1. The molecule has 0 saturated carbocycles. The number of halogens is 2. The summed E-state index contributed by atoms with van der Waals surface area (Å²) in [5.41, 5.74) is 0.560. The molecule has 0 amide bonds. The van der Waals surface area contributed by atoms with Crippen LogP contribution in [-0.2, 0) is 7.05 Å². The van der Waals surface area contributed by atoms with Gasteiger partial charge in [0.05, 0.1) is 5.39 Å². The van der Waals surface area contributed by atoms with E-state index in [9.17, 15) is 13.6 Å². The number of aromatic nitrogens is 1. The summed E-state index contributed by atoms with van der Waals surface area (Å²) in [5.74, 6) is -1.72. The van der Waals surface area contributed by atoms with Gasteiger partial charge in [-0.05, 0) is 35.4 Å². The van der Waals surface area contributed by atoms with Crippen molar-refractivity contribution in [3.8, 4) is 0 Å². The fourth-order valence-corrected chi connectivity index (χ4v) is 2.10. The van der Waals surface area contributed by atoms with Crippen molar-refractivity contribution in [1.82, 2.24) is 4.57 Å². The van der Waals surface area contributed by atoms with Crippen LogP contribution in [0.15, 0.2) is 23.1 Å². The highest BCUT2D eigenvalue weighted by atomic mass is 19.2. The van der Waals surface area contributed by atoms with Crippen LogP contribution in [0.1, 0.15) is 31.7 Å². The van der Waals surface area contributed by atoms with Crippen LogP contribution in [0.3, 0.4) is 0 Å². The van der Waals surface area contributed by atoms with E-state index in [1.165, 1.54) is 4.57 Å². The molecular weight excluding hydrogens is 236 g/mol. The van der Waals surface area contributed by atoms with Crippen LogP contribution >= 0.6 is 0 Å². The maximum Gasteiger partial charge on any atom is 0.258 e. The molecule has 1 unspecified atom stereocenters. The fourth-order valence-electron chi connectivity index (χ4n) is 2.10. The van der Waals surface area contributed by atoms with Gasteiger partial charge in [-0.2, -0.15) is 0 Å². The maximum atomic E-state index is 13.3. The minimum Gasteiger partial charge on any atom is -0.318 e. The maximum absolute atomic E-state index is 13.3. The molecule has 0 aliphatic rings. The number of nitrogens with zero attached hydrogens (tertiary/aromatic N) is 1. The summed E-state index contributed by atoms with van der Waals surface area (Å²) in [6, 6.07) is 2.10. The summed E-state index contributed by atoms with van der Waals surface area (Å²) in [7, 11) is 1.62. The topological polar surface area (TPSA) is 22.0 Å². The van der Waals surface area contributed by atoms with Crippen LogP contribution in [0.5, 0.6) is 0 Å². The Kier molecular flexibility index (Phi) is 3.20. The van der Waals surface area contributed by atoms with Crippen LogP contribution in [0.25, 0.3) is 10.8 Å². The van der Waals surface area contributed by atoms with Gasteiger partial charge in [-0.25, -0.2) is 8.78 Å². The van der Waals surface area contributed by atoms with Crippen molar-refractivity contribution >= 4 is 10.8 Å². The standard InChI is InChI=1S/C14H15F2NO/c1-4-8(2)11-7-17(3)14(18)10-6-13(16)12(15)5-9(10)11/h5-8H,4H2,1-3H3. The minimum atomic E-state index is -0.985. The third-order valence-corrected chi connectivity index (χ3v) is 3.40. The van der Waals surface area contributed by atoms with Crippen molar-refractivity contribution in [1.29, 1.82) is 0 Å². The molecule has 96 valence electrons. The summed E-state index contributed by atoms with van der Waals surface area (Å²) < 4.78 is 28.0. The molecule has 2 rings (SSSR count). The van der Waals surface area contributed by atoms with E-state index in [0.29, 0.717) is 5.39 Å². The zero-order valence-corrected chi connectivity index (χ0v) is 10.6. The first-order valence-corrected chi connectivity index (χ1v) is 5.94. The summed E-state index contributed by atoms with van der Waals surface area (Å²) in [6.07, 6.45) is 2.57. The zero-order valence-electron chi connectivity index (χ0n) is 10.6. The van der Waals surface area contributed by atoms with Gasteiger partial charge in [-0.15, -0.1) is 0 Å². The molecule has 0 N–H and O–H groups in total. The van der Waals surface area contributed by atoms with Crippen molar-refractivity contribution in [2.75, 3.05) is 0 Å². The van der Waals surface area contributed by atoms with Gasteiger partial charge in [-0.1, -0.05) is 13.8 Å². The van der Waals surface area contributed by atoms with E-state index in [0.717, 1.165) is 24.1 Å². The van der Waals surface area contributed by atoms with Crippen LogP contribution in [-0.4, -0.2) is 4.57 Å². The van der Waals surface area contributed by atoms with Gasteiger partial charge in [0.1, 0.15) is 0 Å². The van der Waals surface area contributed by atoms with E-state index in [-0.39, 0.29) is 16.9 Å². The zero-order chi connectivity index (χ0) is 13.4. The minimum absolute atomic E-state index is 0.184. The highest BCUT2D eigenvalue weighted by Gasteiger charge is 2.14. The molecule has 2 nitrogen and oxygen atoms in total. The summed E-state index contributed by atoms with van der Waals surface area (Å²) in [5, 5.41) is 0.737. The molecule has 0 radical (unpaired) electrons. The molecule has 18 heavy (non-hydrogen) atoms.